The highest BCUT2D eigenvalue weighted by Crippen LogP contribution is 2.60. The molecule has 4 aromatic rings. The van der Waals surface area contributed by atoms with Gasteiger partial charge in [-0.15, -0.1) is 5.10 Å². The zero-order chi connectivity index (χ0) is 35.2. The Morgan fingerprint density at radius 1 is 1.06 bits per heavy atom. The lowest BCUT2D eigenvalue weighted by Gasteiger charge is -2.31. The van der Waals surface area contributed by atoms with Crippen molar-refractivity contribution in [3.05, 3.63) is 106 Å². The Morgan fingerprint density at radius 2 is 1.86 bits per heavy atom. The van der Waals surface area contributed by atoms with Crippen LogP contribution < -0.4 is 9.91 Å². The molecule has 2 amide bonds. The topological polar surface area (TPSA) is 113 Å². The van der Waals surface area contributed by atoms with Crippen LogP contribution in [0.15, 0.2) is 88.6 Å². The number of rotatable bonds is 10. The van der Waals surface area contributed by atoms with Crippen molar-refractivity contribution in [2.75, 3.05) is 16.5 Å². The number of hydrogen-bond acceptors (Lipinski definition) is 7. The molecule has 3 aliphatic rings. The predicted octanol–water partition coefficient (Wildman–Crippen LogP) is 6.52. The number of anilines is 2. The maximum atomic E-state index is 16.3. The van der Waals surface area contributed by atoms with Crippen molar-refractivity contribution in [1.29, 1.82) is 0 Å². The summed E-state index contributed by atoms with van der Waals surface area (Å²) in [5.74, 6) is -0.751. The molecule has 4 heterocycles. The number of aromatic nitrogens is 3. The summed E-state index contributed by atoms with van der Waals surface area (Å²) in [5.41, 5.74) is 3.57. The van der Waals surface area contributed by atoms with E-state index in [1.54, 1.807) is 28.9 Å². The molecule has 3 aliphatic heterocycles. The molecule has 7 rings (SSSR count). The number of ether oxygens (including phenoxy) is 1. The molecule has 1 aromatic heterocycles. The van der Waals surface area contributed by atoms with Crippen molar-refractivity contribution >= 4 is 53.2 Å². The van der Waals surface area contributed by atoms with E-state index >= 15 is 4.11 Å². The summed E-state index contributed by atoms with van der Waals surface area (Å²) in [7, 11) is -3.35. The van der Waals surface area contributed by atoms with Gasteiger partial charge in [0.1, 0.15) is 0 Å². The summed E-state index contributed by atoms with van der Waals surface area (Å²) in [6, 6.07) is 23.1. The zero-order valence-electron chi connectivity index (χ0n) is 28.3. The SMILES string of the molecule is C[C@H]1[C@H]([Si](C)(C)F)[C@@H](CCn2cc(CCO)nn2)O[C@]12C(=O)N(Cc1cccc(N3N=C(c4ccccc4)CCC3=O)c1)c1ccc(Br)cc12. The molecule has 1 spiro atoms. The highest BCUT2D eigenvalue weighted by Gasteiger charge is 2.66. The van der Waals surface area contributed by atoms with E-state index in [0.717, 1.165) is 32.6 Å². The van der Waals surface area contributed by atoms with Gasteiger partial charge in [0.15, 0.2) is 5.60 Å². The maximum absolute atomic E-state index is 16.3. The fourth-order valence-corrected chi connectivity index (χ4v) is 10.8. The summed E-state index contributed by atoms with van der Waals surface area (Å²) < 4.78 is 25.7. The van der Waals surface area contributed by atoms with Gasteiger partial charge in [0, 0.05) is 60.1 Å². The van der Waals surface area contributed by atoms with Crippen LogP contribution in [0.4, 0.5) is 15.5 Å². The number of carbonyl (C=O) groups is 2. The zero-order valence-corrected chi connectivity index (χ0v) is 30.9. The number of hydrazone groups is 1. The van der Waals surface area contributed by atoms with Crippen LogP contribution in [0.3, 0.4) is 0 Å². The number of hydrogen-bond donors (Lipinski definition) is 1. The second-order valence-electron chi connectivity index (χ2n) is 13.8. The van der Waals surface area contributed by atoms with Crippen LogP contribution in [0.1, 0.15) is 48.6 Å². The molecule has 50 heavy (non-hydrogen) atoms. The summed E-state index contributed by atoms with van der Waals surface area (Å²) in [6.45, 7) is 5.98. The van der Waals surface area contributed by atoms with Gasteiger partial charge in [0.25, 0.3) is 5.91 Å². The number of benzene rings is 3. The van der Waals surface area contributed by atoms with Crippen LogP contribution in [0, 0.1) is 5.92 Å². The third-order valence-electron chi connectivity index (χ3n) is 10.2. The second-order valence-corrected chi connectivity index (χ2v) is 18.6. The standard InChI is InChI=1S/C37H40BrFN6O4Si/c1-24-35(50(2,3)39)33(16-18-43-23-28(17-19-46)40-42-43)49-37(24)30-21-27(38)12-14-32(30)44(36(37)48)22-25-8-7-11-29(20-25)45-34(47)15-13-31(41-45)26-9-5-4-6-10-26/h4-12,14,20-21,23-24,33,35,46H,13,15-19,22H2,1-3H3/t24-,33+,35-,37+/m0/s1. The van der Waals surface area contributed by atoms with E-state index in [1.807, 2.05) is 79.7 Å². The Kier molecular flexibility index (Phi) is 9.35. The minimum atomic E-state index is -3.35. The van der Waals surface area contributed by atoms with E-state index in [2.05, 4.69) is 26.2 Å². The largest absolute Gasteiger partial charge is 0.396 e. The molecule has 3 aromatic carbocycles. The van der Waals surface area contributed by atoms with Crippen molar-refractivity contribution in [2.24, 2.45) is 11.0 Å². The summed E-state index contributed by atoms with van der Waals surface area (Å²) in [5, 5.41) is 23.8. The number of aryl methyl sites for hydroxylation is 1. The van der Waals surface area contributed by atoms with Crippen molar-refractivity contribution in [1.82, 2.24) is 15.0 Å². The van der Waals surface area contributed by atoms with E-state index in [4.69, 9.17) is 9.84 Å². The smallest absolute Gasteiger partial charge is 0.264 e. The van der Waals surface area contributed by atoms with E-state index in [0.29, 0.717) is 43.6 Å². The molecule has 1 fully saturated rings. The van der Waals surface area contributed by atoms with Gasteiger partial charge in [0.2, 0.25) is 14.3 Å². The van der Waals surface area contributed by atoms with Crippen LogP contribution in [0.5, 0.6) is 0 Å². The first-order valence-electron chi connectivity index (χ1n) is 17.0. The fraction of sp³-hybridized carbons (Fsp3) is 0.378. The maximum Gasteiger partial charge on any atom is 0.264 e. The summed E-state index contributed by atoms with van der Waals surface area (Å²) in [4.78, 5) is 29.7. The van der Waals surface area contributed by atoms with Gasteiger partial charge in [-0.25, -0.2) is 5.01 Å². The van der Waals surface area contributed by atoms with Crippen LogP contribution >= 0.6 is 15.9 Å². The van der Waals surface area contributed by atoms with Crippen molar-refractivity contribution in [3.8, 4) is 0 Å². The van der Waals surface area contributed by atoms with E-state index in [1.165, 1.54) is 5.01 Å². The first-order chi connectivity index (χ1) is 24.0. The Bertz CT molecular complexity index is 1950. The third kappa shape index (κ3) is 6.25. The first kappa shape index (κ1) is 34.4. The molecule has 1 N–H and O–H groups in total. The van der Waals surface area contributed by atoms with Gasteiger partial charge >= 0.3 is 0 Å². The average Bonchev–Trinajstić information content (AvgIpc) is 3.74. The van der Waals surface area contributed by atoms with Crippen molar-refractivity contribution < 1.29 is 23.5 Å². The number of halogens is 2. The molecule has 0 unspecified atom stereocenters. The third-order valence-corrected chi connectivity index (χ3v) is 13.1. The Hall–Kier alpha value is -4.04. The van der Waals surface area contributed by atoms with Gasteiger partial charge in [-0.2, -0.15) is 5.10 Å². The number of fused-ring (bicyclic) bond motifs is 2. The van der Waals surface area contributed by atoms with Gasteiger partial charge in [-0.1, -0.05) is 70.5 Å². The number of carbonyl (C=O) groups excluding carboxylic acids is 2. The van der Waals surface area contributed by atoms with E-state index in [-0.39, 0.29) is 25.0 Å². The Balaban J connectivity index is 1.19. The molecule has 10 nitrogen and oxygen atoms in total. The van der Waals surface area contributed by atoms with Gasteiger partial charge in [0.05, 0.1) is 35.4 Å². The Morgan fingerprint density at radius 3 is 2.62 bits per heavy atom. The highest BCUT2D eigenvalue weighted by molar-refractivity contribution is 9.10. The normalized spacial score (nSPS) is 23.6. The minimum Gasteiger partial charge on any atom is -0.396 e. The first-order valence-corrected chi connectivity index (χ1v) is 20.8. The molecule has 0 saturated carbocycles. The molecule has 260 valence electrons. The molecule has 0 radical (unpaired) electrons. The monoisotopic (exact) mass is 758 g/mol. The molecule has 13 heteroatoms. The van der Waals surface area contributed by atoms with Crippen LogP contribution in [0.2, 0.25) is 18.6 Å². The lowest BCUT2D eigenvalue weighted by Crippen LogP contribution is -2.45. The molecule has 0 bridgehead atoms. The molecule has 1 saturated heterocycles. The number of aliphatic hydroxyl groups excluding tert-OH is 1. The molecular weight excluding hydrogens is 719 g/mol. The van der Waals surface area contributed by atoms with Crippen molar-refractivity contribution in [3.63, 3.8) is 0 Å². The van der Waals surface area contributed by atoms with Crippen molar-refractivity contribution in [2.45, 2.75) is 76.0 Å². The van der Waals surface area contributed by atoms with E-state index in [9.17, 15) is 14.7 Å². The lowest BCUT2D eigenvalue weighted by molar-refractivity contribution is -0.146. The summed E-state index contributed by atoms with van der Waals surface area (Å²) >= 11 is 3.61. The average molecular weight is 760 g/mol. The highest BCUT2D eigenvalue weighted by atomic mass is 79.9. The molecular formula is C37H40BrFN6O4Si. The fourth-order valence-electron chi connectivity index (χ4n) is 7.94. The van der Waals surface area contributed by atoms with Gasteiger partial charge in [-0.3, -0.25) is 14.3 Å². The second kappa shape index (κ2) is 13.6. The summed E-state index contributed by atoms with van der Waals surface area (Å²) in [6.07, 6.45) is 3.03. The molecule has 0 aliphatic carbocycles. The van der Waals surface area contributed by atoms with Crippen LogP contribution in [0.25, 0.3) is 0 Å². The van der Waals surface area contributed by atoms with E-state index < -0.39 is 31.6 Å². The van der Waals surface area contributed by atoms with Crippen LogP contribution in [-0.4, -0.2) is 58.7 Å². The number of amides is 2. The van der Waals surface area contributed by atoms with Crippen LogP contribution in [-0.2, 0) is 39.4 Å². The quantitative estimate of drug-likeness (QED) is 0.146. The minimum absolute atomic E-state index is 0.0223. The number of aliphatic hydroxyl groups is 1. The lowest BCUT2D eigenvalue weighted by atomic mass is 9.82. The predicted molar refractivity (Wildman–Crippen MR) is 195 cm³/mol. The van der Waals surface area contributed by atoms with Gasteiger partial charge in [-0.05, 0) is 61.0 Å². The van der Waals surface area contributed by atoms with Gasteiger partial charge < -0.3 is 18.9 Å². The number of nitrogens with zero attached hydrogens (tertiary/aromatic N) is 6. The Labute approximate surface area is 300 Å². The molecule has 4 atom stereocenters.